The maximum Gasteiger partial charge on any atom is 0.573 e. The van der Waals surface area contributed by atoms with E-state index in [4.69, 9.17) is 9.47 Å². The topological polar surface area (TPSA) is 85.4 Å². The molecule has 0 aliphatic carbocycles. The van der Waals surface area contributed by atoms with Gasteiger partial charge in [-0.3, -0.25) is 4.79 Å². The van der Waals surface area contributed by atoms with Crippen LogP contribution in [0.4, 0.5) is 13.2 Å². The molecule has 2 heterocycles. The third-order valence-corrected chi connectivity index (χ3v) is 6.99. The van der Waals surface area contributed by atoms with Crippen LogP contribution in [0, 0.1) is 0 Å². The van der Waals surface area contributed by atoms with Gasteiger partial charge in [-0.05, 0) is 37.1 Å². The minimum Gasteiger partial charge on any atom is -0.406 e. The molecule has 0 radical (unpaired) electrons. The summed E-state index contributed by atoms with van der Waals surface area (Å²) >= 11 is 0. The quantitative estimate of drug-likeness (QED) is 0.545. The fraction of sp³-hybridized carbons (Fsp3) is 0.632. The zero-order chi connectivity index (χ0) is 22.5. The van der Waals surface area contributed by atoms with Crippen molar-refractivity contribution in [1.29, 1.82) is 0 Å². The van der Waals surface area contributed by atoms with Crippen molar-refractivity contribution in [3.63, 3.8) is 0 Å². The van der Waals surface area contributed by atoms with Gasteiger partial charge >= 0.3 is 6.36 Å². The molecule has 0 saturated carbocycles. The van der Waals surface area contributed by atoms with Gasteiger partial charge in [0.1, 0.15) is 5.75 Å². The Labute approximate surface area is 178 Å². The van der Waals surface area contributed by atoms with Crippen molar-refractivity contribution in [2.75, 3.05) is 46.0 Å². The molecule has 174 valence electrons. The second-order valence-electron chi connectivity index (χ2n) is 7.26. The van der Waals surface area contributed by atoms with Crippen LogP contribution < -0.4 is 4.74 Å². The Kier molecular flexibility index (Phi) is 7.78. The molecule has 1 atom stereocenters. The predicted octanol–water partition coefficient (Wildman–Crippen LogP) is 2.00. The molecule has 3 rings (SSSR count). The van der Waals surface area contributed by atoms with Gasteiger partial charge in [-0.25, -0.2) is 8.42 Å². The summed E-state index contributed by atoms with van der Waals surface area (Å²) in [5, 5.41) is 0. The number of alkyl halides is 3. The van der Waals surface area contributed by atoms with Crippen molar-refractivity contribution in [2.45, 2.75) is 36.6 Å². The number of sulfonamides is 1. The summed E-state index contributed by atoms with van der Waals surface area (Å²) in [6.07, 6.45) is -2.56. The number of benzene rings is 1. The number of ether oxygens (including phenoxy) is 3. The first-order chi connectivity index (χ1) is 14.6. The molecule has 1 aromatic carbocycles. The lowest BCUT2D eigenvalue weighted by Crippen LogP contribution is -2.50. The molecule has 1 unspecified atom stereocenters. The minimum absolute atomic E-state index is 0.0953. The van der Waals surface area contributed by atoms with Crippen molar-refractivity contribution in [1.82, 2.24) is 9.21 Å². The molecule has 2 aliphatic heterocycles. The van der Waals surface area contributed by atoms with Gasteiger partial charge in [-0.2, -0.15) is 4.31 Å². The lowest BCUT2D eigenvalue weighted by atomic mass is 10.2. The van der Waals surface area contributed by atoms with Gasteiger partial charge in [-0.1, -0.05) is 0 Å². The molecule has 12 heteroatoms. The van der Waals surface area contributed by atoms with E-state index >= 15 is 0 Å². The highest BCUT2D eigenvalue weighted by Gasteiger charge is 2.32. The lowest BCUT2D eigenvalue weighted by molar-refractivity contribution is -0.274. The molecule has 1 amide bonds. The number of hydrogen-bond acceptors (Lipinski definition) is 6. The average Bonchev–Trinajstić information content (AvgIpc) is 3.24. The molecule has 0 N–H and O–H groups in total. The van der Waals surface area contributed by atoms with Crippen LogP contribution in [0.5, 0.6) is 5.75 Å². The summed E-state index contributed by atoms with van der Waals surface area (Å²) in [5.41, 5.74) is 0. The van der Waals surface area contributed by atoms with Crippen LogP contribution >= 0.6 is 0 Å². The number of rotatable bonds is 8. The fourth-order valence-corrected chi connectivity index (χ4v) is 4.87. The Morgan fingerprint density at radius 3 is 2.39 bits per heavy atom. The maximum absolute atomic E-state index is 12.7. The molecular weight excluding hydrogens is 441 g/mol. The Morgan fingerprint density at radius 2 is 1.81 bits per heavy atom. The van der Waals surface area contributed by atoms with Gasteiger partial charge in [-0.15, -0.1) is 13.2 Å². The number of halogens is 3. The summed E-state index contributed by atoms with van der Waals surface area (Å²) in [4.78, 5) is 13.8. The molecule has 2 fully saturated rings. The third-order valence-electron chi connectivity index (χ3n) is 5.07. The standard InChI is InChI=1S/C19H25F3N2O6S/c20-19(21,22)30-15-3-5-17(6-4-15)31(26,27)24-10-8-23(9-11-24)18(25)7-13-28-14-16-2-1-12-29-16/h3-6,16H,1-2,7-14H2. The van der Waals surface area contributed by atoms with E-state index in [-0.39, 0.29) is 56.1 Å². The smallest absolute Gasteiger partial charge is 0.406 e. The van der Waals surface area contributed by atoms with Gasteiger partial charge in [0.05, 0.1) is 30.6 Å². The van der Waals surface area contributed by atoms with Crippen molar-refractivity contribution in [2.24, 2.45) is 0 Å². The molecule has 8 nitrogen and oxygen atoms in total. The van der Waals surface area contributed by atoms with E-state index in [1.807, 2.05) is 0 Å². The number of piperazine rings is 1. The summed E-state index contributed by atoms with van der Waals surface area (Å²) in [6, 6.07) is 4.05. The summed E-state index contributed by atoms with van der Waals surface area (Å²) in [5.74, 6) is -0.610. The van der Waals surface area contributed by atoms with Crippen LogP contribution in [0.3, 0.4) is 0 Å². The van der Waals surface area contributed by atoms with Crippen LogP contribution in [0.15, 0.2) is 29.2 Å². The summed E-state index contributed by atoms with van der Waals surface area (Å²) in [6.45, 7) is 2.16. The predicted molar refractivity (Wildman–Crippen MR) is 103 cm³/mol. The van der Waals surface area contributed by atoms with Crippen LogP contribution in [-0.4, -0.2) is 82.0 Å². The van der Waals surface area contributed by atoms with Crippen LogP contribution in [-0.2, 0) is 24.3 Å². The first-order valence-corrected chi connectivity index (χ1v) is 11.4. The molecule has 2 aliphatic rings. The maximum atomic E-state index is 12.7. The van der Waals surface area contributed by atoms with E-state index in [2.05, 4.69) is 4.74 Å². The molecule has 2 saturated heterocycles. The first-order valence-electron chi connectivity index (χ1n) is 9.98. The summed E-state index contributed by atoms with van der Waals surface area (Å²) in [7, 11) is -3.88. The van der Waals surface area contributed by atoms with Gasteiger partial charge in [0.25, 0.3) is 0 Å². The highest BCUT2D eigenvalue weighted by atomic mass is 32.2. The highest BCUT2D eigenvalue weighted by Crippen LogP contribution is 2.25. The van der Waals surface area contributed by atoms with Gasteiger partial charge < -0.3 is 19.1 Å². The summed E-state index contributed by atoms with van der Waals surface area (Å²) < 4.78 is 78.1. The van der Waals surface area contributed by atoms with E-state index in [1.54, 1.807) is 4.90 Å². The minimum atomic E-state index is -4.85. The van der Waals surface area contributed by atoms with Gasteiger partial charge in [0.15, 0.2) is 0 Å². The molecule has 31 heavy (non-hydrogen) atoms. The van der Waals surface area contributed by atoms with Crippen molar-refractivity contribution in [3.8, 4) is 5.75 Å². The highest BCUT2D eigenvalue weighted by molar-refractivity contribution is 7.89. The third kappa shape index (κ3) is 6.79. The second kappa shape index (κ2) is 10.2. The van der Waals surface area contributed by atoms with Crippen LogP contribution in [0.25, 0.3) is 0 Å². The Morgan fingerprint density at radius 1 is 1.13 bits per heavy atom. The van der Waals surface area contributed by atoms with Crippen molar-refractivity contribution >= 4 is 15.9 Å². The SMILES string of the molecule is O=C(CCOCC1CCCO1)N1CCN(S(=O)(=O)c2ccc(OC(F)(F)F)cc2)CC1. The molecule has 0 bridgehead atoms. The number of nitrogens with zero attached hydrogens (tertiary/aromatic N) is 2. The molecular formula is C19H25F3N2O6S. The lowest BCUT2D eigenvalue weighted by Gasteiger charge is -2.34. The van der Waals surface area contributed by atoms with Crippen LogP contribution in [0.2, 0.25) is 0 Å². The molecule has 0 aromatic heterocycles. The van der Waals surface area contributed by atoms with E-state index in [0.29, 0.717) is 6.61 Å². The number of amides is 1. The second-order valence-corrected chi connectivity index (χ2v) is 9.20. The Balaban J connectivity index is 1.45. The van der Waals surface area contributed by atoms with E-state index in [9.17, 15) is 26.4 Å². The number of carbonyl (C=O) groups is 1. The van der Waals surface area contributed by atoms with Crippen molar-refractivity contribution in [3.05, 3.63) is 24.3 Å². The normalized spacial score (nSPS) is 20.7. The van der Waals surface area contributed by atoms with E-state index in [1.165, 1.54) is 4.31 Å². The largest absolute Gasteiger partial charge is 0.573 e. The molecule has 0 spiro atoms. The van der Waals surface area contributed by atoms with Crippen LogP contribution in [0.1, 0.15) is 19.3 Å². The number of hydrogen-bond donors (Lipinski definition) is 0. The molecule has 1 aromatic rings. The van der Waals surface area contributed by atoms with Crippen molar-refractivity contribution < 1.29 is 40.6 Å². The average molecular weight is 466 g/mol. The van der Waals surface area contributed by atoms with E-state index in [0.717, 1.165) is 43.7 Å². The van der Waals surface area contributed by atoms with Gasteiger partial charge in [0.2, 0.25) is 15.9 Å². The Hall–Kier alpha value is -1.89. The first kappa shape index (κ1) is 23.8. The monoisotopic (exact) mass is 466 g/mol. The zero-order valence-corrected chi connectivity index (χ0v) is 17.7. The zero-order valence-electron chi connectivity index (χ0n) is 16.8. The number of carbonyl (C=O) groups excluding carboxylic acids is 1. The van der Waals surface area contributed by atoms with Gasteiger partial charge in [0, 0.05) is 32.8 Å². The fourth-order valence-electron chi connectivity index (χ4n) is 3.45. The Bertz CT molecular complexity index is 833. The van der Waals surface area contributed by atoms with E-state index < -0.39 is 22.1 Å².